The lowest BCUT2D eigenvalue weighted by Crippen LogP contribution is -2.54. The van der Waals surface area contributed by atoms with Gasteiger partial charge in [0.1, 0.15) is 11.6 Å². The van der Waals surface area contributed by atoms with Crippen LogP contribution in [-0.4, -0.2) is 36.3 Å². The molecule has 4 aromatic rings. The van der Waals surface area contributed by atoms with E-state index < -0.39 is 22.7 Å². The van der Waals surface area contributed by atoms with Crippen LogP contribution in [0.25, 0.3) is 16.8 Å². The summed E-state index contributed by atoms with van der Waals surface area (Å²) in [5.74, 6) is -1.16. The molecule has 1 aromatic carbocycles. The monoisotopic (exact) mass is 531 g/mol. The Bertz CT molecular complexity index is 1550. The molecule has 0 aliphatic heterocycles. The number of imidazole rings is 1. The average Bonchev–Trinajstić information content (AvgIpc) is 3.29. The molecule has 0 spiro atoms. The van der Waals surface area contributed by atoms with Crippen molar-refractivity contribution in [1.82, 2.24) is 19.6 Å². The molecule has 0 radical (unpaired) electrons. The molecule has 202 valence electrons. The van der Waals surface area contributed by atoms with Crippen LogP contribution in [-0.2, 0) is 5.41 Å². The first kappa shape index (κ1) is 26.7. The second-order valence-electron chi connectivity index (χ2n) is 11.2. The summed E-state index contributed by atoms with van der Waals surface area (Å²) >= 11 is 0. The Morgan fingerprint density at radius 1 is 1.18 bits per heavy atom. The molecule has 1 fully saturated rings. The molecule has 39 heavy (non-hydrogen) atoms. The summed E-state index contributed by atoms with van der Waals surface area (Å²) in [7, 11) is 0. The fraction of sp³-hybridized carbons (Fsp3) is 0.379. The molecule has 4 atom stereocenters. The van der Waals surface area contributed by atoms with E-state index in [0.29, 0.717) is 23.6 Å². The zero-order valence-corrected chi connectivity index (χ0v) is 22.3. The third kappa shape index (κ3) is 4.73. The standard InChI is InChI=1S/C29H31F2N7O/c1-16-9-17(10-25(33)29(16,4)39)20-7-8-34-14-24(20)36-27-35-13-19-5-6-23(37-38(19)27)26-21(30)11-18(12-22(26)31)28(2,3)15-32/h5-8,11-14,16-17,25,39H,9-10,33H2,1-4H3,(H,35,36). The van der Waals surface area contributed by atoms with E-state index in [-0.39, 0.29) is 34.7 Å². The largest absolute Gasteiger partial charge is 0.388 e. The minimum atomic E-state index is -1.05. The molecular weight excluding hydrogens is 500 g/mol. The summed E-state index contributed by atoms with van der Waals surface area (Å²) in [4.78, 5) is 8.71. The first-order valence-electron chi connectivity index (χ1n) is 12.9. The number of nitrogens with two attached hydrogens (primary N) is 1. The van der Waals surface area contributed by atoms with Gasteiger partial charge in [-0.3, -0.25) is 4.98 Å². The molecule has 3 aromatic heterocycles. The molecule has 4 unspecified atom stereocenters. The van der Waals surface area contributed by atoms with E-state index in [2.05, 4.69) is 26.5 Å². The summed E-state index contributed by atoms with van der Waals surface area (Å²) in [5.41, 5.74) is 6.73. The minimum absolute atomic E-state index is 0.00124. The smallest absolute Gasteiger partial charge is 0.229 e. The maximum Gasteiger partial charge on any atom is 0.229 e. The Kier molecular flexibility index (Phi) is 6.61. The summed E-state index contributed by atoms with van der Waals surface area (Å²) in [5, 5.41) is 27.9. The molecule has 0 saturated heterocycles. The molecule has 1 aliphatic carbocycles. The first-order valence-corrected chi connectivity index (χ1v) is 12.9. The number of hydrogen-bond donors (Lipinski definition) is 3. The second kappa shape index (κ2) is 9.67. The van der Waals surface area contributed by atoms with E-state index in [0.717, 1.165) is 12.0 Å². The highest BCUT2D eigenvalue weighted by molar-refractivity contribution is 5.66. The summed E-state index contributed by atoms with van der Waals surface area (Å²) in [6, 6.07) is 9.18. The SMILES string of the molecule is CC1CC(c2ccncc2Nc2ncc3ccc(-c4c(F)cc(C(C)(C)C#N)cc4F)nn23)CC(N)C1(C)O. The number of fused-ring (bicyclic) bond motifs is 1. The highest BCUT2D eigenvalue weighted by Crippen LogP contribution is 2.43. The van der Waals surface area contributed by atoms with E-state index in [1.165, 1.54) is 22.7 Å². The maximum absolute atomic E-state index is 15.1. The predicted molar refractivity (Wildman–Crippen MR) is 144 cm³/mol. The number of nitrogens with zero attached hydrogens (tertiary/aromatic N) is 5. The fourth-order valence-electron chi connectivity index (χ4n) is 5.26. The number of nitriles is 1. The zero-order chi connectivity index (χ0) is 28.1. The third-order valence-electron chi connectivity index (χ3n) is 8.15. The van der Waals surface area contributed by atoms with Gasteiger partial charge in [-0.05, 0) is 86.9 Å². The lowest BCUT2D eigenvalue weighted by atomic mass is 9.68. The van der Waals surface area contributed by atoms with Gasteiger partial charge in [-0.25, -0.2) is 13.8 Å². The molecule has 3 heterocycles. The van der Waals surface area contributed by atoms with E-state index >= 15 is 8.78 Å². The van der Waals surface area contributed by atoms with Crippen LogP contribution < -0.4 is 11.1 Å². The van der Waals surface area contributed by atoms with Crippen molar-refractivity contribution in [2.45, 2.75) is 63.5 Å². The lowest BCUT2D eigenvalue weighted by Gasteiger charge is -2.44. The van der Waals surface area contributed by atoms with Crippen molar-refractivity contribution >= 4 is 17.2 Å². The van der Waals surface area contributed by atoms with Crippen molar-refractivity contribution in [3.8, 4) is 17.3 Å². The highest BCUT2D eigenvalue weighted by atomic mass is 19.1. The minimum Gasteiger partial charge on any atom is -0.388 e. The number of halogens is 2. The van der Waals surface area contributed by atoms with Gasteiger partial charge >= 0.3 is 0 Å². The molecule has 10 heteroatoms. The van der Waals surface area contributed by atoms with Crippen molar-refractivity contribution in [3.63, 3.8) is 0 Å². The summed E-state index contributed by atoms with van der Waals surface area (Å²) in [6.07, 6.45) is 6.37. The van der Waals surface area contributed by atoms with E-state index in [1.54, 1.807) is 45.4 Å². The zero-order valence-electron chi connectivity index (χ0n) is 22.3. The number of anilines is 2. The Morgan fingerprint density at radius 2 is 1.90 bits per heavy atom. The molecule has 1 aliphatic rings. The predicted octanol–water partition coefficient (Wildman–Crippen LogP) is 5.21. The maximum atomic E-state index is 15.1. The molecule has 1 saturated carbocycles. The molecular formula is C29H31F2N7O. The number of benzene rings is 1. The van der Waals surface area contributed by atoms with Crippen molar-refractivity contribution < 1.29 is 13.9 Å². The van der Waals surface area contributed by atoms with Crippen LogP contribution in [0.4, 0.5) is 20.4 Å². The van der Waals surface area contributed by atoms with Crippen LogP contribution in [0.5, 0.6) is 0 Å². The second-order valence-corrected chi connectivity index (χ2v) is 11.2. The summed E-state index contributed by atoms with van der Waals surface area (Å²) in [6.45, 7) is 6.99. The van der Waals surface area contributed by atoms with Gasteiger partial charge in [0.05, 0.1) is 51.9 Å². The van der Waals surface area contributed by atoms with Gasteiger partial charge in [-0.15, -0.1) is 0 Å². The van der Waals surface area contributed by atoms with Crippen LogP contribution in [0, 0.1) is 28.9 Å². The molecule has 5 rings (SSSR count). The van der Waals surface area contributed by atoms with Gasteiger partial charge in [0.15, 0.2) is 0 Å². The third-order valence-corrected chi connectivity index (χ3v) is 8.15. The molecule has 0 bridgehead atoms. The van der Waals surface area contributed by atoms with Crippen molar-refractivity contribution in [3.05, 3.63) is 71.7 Å². The number of aliphatic hydroxyl groups is 1. The average molecular weight is 532 g/mol. The lowest BCUT2D eigenvalue weighted by molar-refractivity contribution is -0.0463. The van der Waals surface area contributed by atoms with Gasteiger partial charge in [0.25, 0.3) is 0 Å². The van der Waals surface area contributed by atoms with Crippen LogP contribution in [0.1, 0.15) is 57.6 Å². The quantitative estimate of drug-likeness (QED) is 0.323. The van der Waals surface area contributed by atoms with E-state index in [4.69, 9.17) is 5.73 Å². The van der Waals surface area contributed by atoms with Crippen molar-refractivity contribution in [2.75, 3.05) is 5.32 Å². The normalized spacial score (nSPS) is 23.5. The molecule has 4 N–H and O–H groups in total. The van der Waals surface area contributed by atoms with Gasteiger partial charge in [-0.2, -0.15) is 14.9 Å². The van der Waals surface area contributed by atoms with Crippen molar-refractivity contribution in [2.24, 2.45) is 11.7 Å². The summed E-state index contributed by atoms with van der Waals surface area (Å²) < 4.78 is 31.8. The van der Waals surface area contributed by atoms with Crippen LogP contribution in [0.15, 0.2) is 48.9 Å². The fourth-order valence-corrected chi connectivity index (χ4v) is 5.26. The van der Waals surface area contributed by atoms with Gasteiger partial charge < -0.3 is 16.2 Å². The topological polar surface area (TPSA) is 125 Å². The number of nitrogens with one attached hydrogen (secondary N) is 1. The first-order chi connectivity index (χ1) is 18.4. The van der Waals surface area contributed by atoms with Crippen LogP contribution in [0.2, 0.25) is 0 Å². The number of rotatable bonds is 5. The number of aromatic nitrogens is 4. The van der Waals surface area contributed by atoms with Gasteiger partial charge in [0, 0.05) is 12.2 Å². The van der Waals surface area contributed by atoms with Gasteiger partial charge in [-0.1, -0.05) is 6.92 Å². The number of hydrogen-bond acceptors (Lipinski definition) is 7. The van der Waals surface area contributed by atoms with Crippen LogP contribution >= 0.6 is 0 Å². The molecule has 8 nitrogen and oxygen atoms in total. The highest BCUT2D eigenvalue weighted by Gasteiger charge is 2.42. The Balaban J connectivity index is 1.50. The van der Waals surface area contributed by atoms with Gasteiger partial charge in [0.2, 0.25) is 5.95 Å². The van der Waals surface area contributed by atoms with E-state index in [1.807, 2.05) is 13.0 Å². The number of pyridine rings is 1. The van der Waals surface area contributed by atoms with E-state index in [9.17, 15) is 10.4 Å². The van der Waals surface area contributed by atoms with Crippen LogP contribution in [0.3, 0.4) is 0 Å². The Labute approximate surface area is 225 Å². The van der Waals surface area contributed by atoms with Crippen molar-refractivity contribution in [1.29, 1.82) is 5.26 Å². The Hall–Kier alpha value is -3.94. The Morgan fingerprint density at radius 3 is 2.56 bits per heavy atom. The molecule has 0 amide bonds.